The number of hydrogen-bond acceptors (Lipinski definition) is 9. The number of carbonyl (C=O) groups is 4. The van der Waals surface area contributed by atoms with Crippen LogP contribution in [0.25, 0.3) is 0 Å². The number of rotatable bonds is 13. The molecule has 3 atom stereocenters. The summed E-state index contributed by atoms with van der Waals surface area (Å²) in [6.45, 7) is 8.04. The topological polar surface area (TPSA) is 138 Å². The van der Waals surface area contributed by atoms with Crippen LogP contribution >= 0.6 is 11.3 Å². The van der Waals surface area contributed by atoms with E-state index < -0.39 is 29.7 Å². The Balaban J connectivity index is 1.48. The van der Waals surface area contributed by atoms with Crippen molar-refractivity contribution in [1.82, 2.24) is 20.1 Å². The van der Waals surface area contributed by atoms with E-state index in [1.165, 1.54) is 23.3 Å². The lowest BCUT2D eigenvalue weighted by molar-refractivity contribution is -0.140. The Kier molecular flexibility index (Phi) is 12.8. The summed E-state index contributed by atoms with van der Waals surface area (Å²) in [7, 11) is 1.52. The largest absolute Gasteiger partial charge is 0.494 e. The van der Waals surface area contributed by atoms with Crippen molar-refractivity contribution in [2.75, 3.05) is 26.8 Å². The number of amides is 3. The van der Waals surface area contributed by atoms with Gasteiger partial charge in [0.2, 0.25) is 17.6 Å². The Labute approximate surface area is 282 Å². The third kappa shape index (κ3) is 9.76. The van der Waals surface area contributed by atoms with Gasteiger partial charge in [-0.3, -0.25) is 19.3 Å². The highest BCUT2D eigenvalue weighted by atomic mass is 32.1. The molecule has 1 aliphatic heterocycles. The molecule has 2 aliphatic rings. The minimum atomic E-state index is -0.838. The number of unbranched alkanes of at least 4 members (excludes halogenated alkanes) is 1. The molecule has 1 saturated heterocycles. The molecule has 2 fully saturated rings. The first-order chi connectivity index (χ1) is 22.4. The van der Waals surface area contributed by atoms with Gasteiger partial charge in [0.15, 0.2) is 0 Å². The van der Waals surface area contributed by atoms with Crippen LogP contribution in [-0.2, 0) is 14.3 Å². The van der Waals surface area contributed by atoms with Gasteiger partial charge in [-0.25, -0.2) is 9.78 Å². The molecule has 1 aliphatic carbocycles. The highest BCUT2D eigenvalue weighted by Gasteiger charge is 2.41. The second-order valence-corrected chi connectivity index (χ2v) is 14.4. The van der Waals surface area contributed by atoms with Crippen molar-refractivity contribution in [1.29, 1.82) is 0 Å². The lowest BCUT2D eigenvalue weighted by atomic mass is 9.83. The SMILES string of the molecule is CC(C(=O)NC(C(=O)N1CCC[C@H]1c1nc(C(=O)c2cccc(OCCCCO)c2)cs1)C1CCCCC1)N(C)C(=O)OC(C)(C)C. The number of nitrogens with zero attached hydrogens (tertiary/aromatic N) is 3. The number of benzene rings is 1. The molecule has 3 amide bonds. The van der Waals surface area contributed by atoms with Gasteiger partial charge in [-0.1, -0.05) is 31.4 Å². The number of likely N-dealkylation sites (N-methyl/N-ethyl adjacent to an activating group) is 1. The van der Waals surface area contributed by atoms with Crippen molar-refractivity contribution in [2.45, 2.75) is 109 Å². The van der Waals surface area contributed by atoms with Crippen LogP contribution in [0.3, 0.4) is 0 Å². The first-order valence-corrected chi connectivity index (χ1v) is 17.7. The van der Waals surface area contributed by atoms with E-state index in [9.17, 15) is 19.2 Å². The first-order valence-electron chi connectivity index (χ1n) is 16.8. The van der Waals surface area contributed by atoms with Crippen molar-refractivity contribution in [3.8, 4) is 5.75 Å². The summed E-state index contributed by atoms with van der Waals surface area (Å²) in [6.07, 6.45) is 7.04. The predicted octanol–water partition coefficient (Wildman–Crippen LogP) is 5.51. The van der Waals surface area contributed by atoms with Crippen LogP contribution in [-0.4, -0.2) is 88.1 Å². The average Bonchev–Trinajstić information content (AvgIpc) is 3.74. The zero-order valence-electron chi connectivity index (χ0n) is 28.3. The van der Waals surface area contributed by atoms with Crippen LogP contribution in [0, 0.1) is 5.92 Å². The van der Waals surface area contributed by atoms with Crippen LogP contribution in [0.4, 0.5) is 4.79 Å². The minimum absolute atomic E-state index is 0.00736. The molecular formula is C35H50N4O7S. The number of aliphatic hydroxyl groups is 1. The minimum Gasteiger partial charge on any atom is -0.494 e. The van der Waals surface area contributed by atoms with E-state index in [1.807, 2.05) is 4.90 Å². The van der Waals surface area contributed by atoms with E-state index in [4.69, 9.17) is 19.6 Å². The Bertz CT molecular complexity index is 1380. The standard InChI is InChI=1S/C35H50N4O7S/c1-23(38(5)34(44)46-35(2,3)4)31(42)37-29(24-13-7-6-8-14-24)33(43)39-18-12-17-28(39)32-36-27(22-47-32)30(41)25-15-11-16-26(21-25)45-20-10-9-19-40/h11,15-16,21-24,28-29,40H,6-10,12-14,17-20H2,1-5H3,(H,37,42)/t23?,28-,29?/m0/s1. The third-order valence-corrected chi connectivity index (χ3v) is 9.77. The molecule has 0 bridgehead atoms. The molecule has 4 rings (SSSR count). The lowest BCUT2D eigenvalue weighted by Crippen LogP contribution is -2.56. The van der Waals surface area contributed by atoms with Crippen LogP contribution < -0.4 is 10.1 Å². The van der Waals surface area contributed by atoms with Gasteiger partial charge >= 0.3 is 6.09 Å². The number of likely N-dealkylation sites (tertiary alicyclic amines) is 1. The summed E-state index contributed by atoms with van der Waals surface area (Å²) in [5.41, 5.74) is 0.0799. The summed E-state index contributed by atoms with van der Waals surface area (Å²) in [5.74, 6) is -0.195. The second-order valence-electron chi connectivity index (χ2n) is 13.5. The molecule has 0 radical (unpaired) electrons. The number of aromatic nitrogens is 1. The third-order valence-electron chi connectivity index (χ3n) is 8.82. The number of ketones is 1. The van der Waals surface area contributed by atoms with Crippen LogP contribution in [0.15, 0.2) is 29.6 Å². The summed E-state index contributed by atoms with van der Waals surface area (Å²) < 4.78 is 11.2. The molecule has 11 nitrogen and oxygen atoms in total. The van der Waals surface area contributed by atoms with Crippen molar-refractivity contribution < 1.29 is 33.8 Å². The van der Waals surface area contributed by atoms with E-state index in [0.717, 1.165) is 38.5 Å². The van der Waals surface area contributed by atoms with Gasteiger partial charge in [0, 0.05) is 31.1 Å². The monoisotopic (exact) mass is 670 g/mol. The quantitative estimate of drug-likeness (QED) is 0.210. The molecule has 1 aromatic heterocycles. The Morgan fingerprint density at radius 2 is 1.85 bits per heavy atom. The predicted molar refractivity (Wildman–Crippen MR) is 179 cm³/mol. The van der Waals surface area contributed by atoms with E-state index in [1.54, 1.807) is 57.3 Å². The first kappa shape index (κ1) is 36.3. The number of hydrogen-bond donors (Lipinski definition) is 2. The van der Waals surface area contributed by atoms with Crippen molar-refractivity contribution in [3.05, 3.63) is 45.9 Å². The van der Waals surface area contributed by atoms with Gasteiger partial charge in [0.25, 0.3) is 0 Å². The van der Waals surface area contributed by atoms with Gasteiger partial charge in [-0.2, -0.15) is 0 Å². The zero-order valence-corrected chi connectivity index (χ0v) is 29.1. The number of nitrogens with one attached hydrogen (secondary N) is 1. The van der Waals surface area contributed by atoms with Gasteiger partial charge in [-0.05, 0) is 84.3 Å². The van der Waals surface area contributed by atoms with E-state index in [2.05, 4.69) is 5.32 Å². The highest BCUT2D eigenvalue weighted by molar-refractivity contribution is 7.10. The van der Waals surface area contributed by atoms with Gasteiger partial charge < -0.3 is 24.8 Å². The average molecular weight is 671 g/mol. The molecule has 2 unspecified atom stereocenters. The highest BCUT2D eigenvalue weighted by Crippen LogP contribution is 2.36. The Hall–Kier alpha value is -3.51. The molecule has 2 aromatic rings. The van der Waals surface area contributed by atoms with E-state index in [0.29, 0.717) is 54.4 Å². The fourth-order valence-corrected chi connectivity index (χ4v) is 7.03. The van der Waals surface area contributed by atoms with Gasteiger partial charge in [0.05, 0.1) is 12.6 Å². The fourth-order valence-electron chi connectivity index (χ4n) is 6.08. The van der Waals surface area contributed by atoms with Gasteiger partial charge in [-0.15, -0.1) is 11.3 Å². The summed E-state index contributed by atoms with van der Waals surface area (Å²) in [6, 6.07) is 5.14. The maximum atomic E-state index is 14.3. The van der Waals surface area contributed by atoms with Crippen LogP contribution in [0.1, 0.15) is 113 Å². The molecule has 1 saturated carbocycles. The molecule has 1 aromatic carbocycles. The molecule has 12 heteroatoms. The summed E-state index contributed by atoms with van der Waals surface area (Å²) in [5, 5.41) is 14.4. The van der Waals surface area contributed by atoms with E-state index >= 15 is 0 Å². The Morgan fingerprint density at radius 3 is 2.55 bits per heavy atom. The summed E-state index contributed by atoms with van der Waals surface area (Å²) >= 11 is 1.37. The maximum Gasteiger partial charge on any atom is 0.410 e. The number of carbonyl (C=O) groups excluding carboxylic acids is 4. The van der Waals surface area contributed by atoms with Crippen molar-refractivity contribution in [2.24, 2.45) is 5.92 Å². The molecular weight excluding hydrogens is 620 g/mol. The van der Waals surface area contributed by atoms with Crippen LogP contribution in [0.5, 0.6) is 5.75 Å². The van der Waals surface area contributed by atoms with Crippen molar-refractivity contribution in [3.63, 3.8) is 0 Å². The summed E-state index contributed by atoms with van der Waals surface area (Å²) in [4.78, 5) is 61.6. The van der Waals surface area contributed by atoms with E-state index in [-0.39, 0.29) is 30.3 Å². The normalized spacial score (nSPS) is 18.3. The maximum absolute atomic E-state index is 14.3. The van der Waals surface area contributed by atoms with Crippen molar-refractivity contribution >= 4 is 35.0 Å². The zero-order chi connectivity index (χ0) is 34.1. The fraction of sp³-hybridized carbons (Fsp3) is 0.629. The van der Waals surface area contributed by atoms with Crippen LogP contribution in [0.2, 0.25) is 0 Å². The lowest BCUT2D eigenvalue weighted by Gasteiger charge is -2.36. The number of ether oxygens (including phenoxy) is 2. The Morgan fingerprint density at radius 1 is 1.11 bits per heavy atom. The molecule has 47 heavy (non-hydrogen) atoms. The smallest absolute Gasteiger partial charge is 0.410 e. The molecule has 258 valence electrons. The second kappa shape index (κ2) is 16.5. The molecule has 2 N–H and O–H groups in total. The van der Waals surface area contributed by atoms with Gasteiger partial charge in [0.1, 0.15) is 34.1 Å². The number of aliphatic hydroxyl groups excluding tert-OH is 1. The molecule has 2 heterocycles. The number of thiazole rings is 1. The molecule has 0 spiro atoms.